The Morgan fingerprint density at radius 1 is 1.16 bits per heavy atom. The number of aryl methyl sites for hydroxylation is 1. The van der Waals surface area contributed by atoms with Gasteiger partial charge in [-0.1, -0.05) is 17.7 Å². The summed E-state index contributed by atoms with van der Waals surface area (Å²) in [4.78, 5) is 41.7. The Kier molecular flexibility index (Phi) is 5.32. The standard InChI is InChI=1S/C22H21ClN4O4/c1-12-4-9-17(31-3)16(10-12)24-20(28)15-11-26(2)19-18(15)25-22(30)27(21(19)29)14-7-5-13(23)6-8-14/h4-11,18-19H,1-3H3,(H,24,28)(H,25,30). The summed E-state index contributed by atoms with van der Waals surface area (Å²) in [6.07, 6.45) is 1.58. The molecule has 4 rings (SSSR count). The van der Waals surface area contributed by atoms with Crippen molar-refractivity contribution >= 4 is 40.8 Å². The van der Waals surface area contributed by atoms with Gasteiger partial charge in [0.15, 0.2) is 0 Å². The highest BCUT2D eigenvalue weighted by molar-refractivity contribution is 6.30. The van der Waals surface area contributed by atoms with Crippen molar-refractivity contribution in [1.29, 1.82) is 0 Å². The predicted octanol–water partition coefficient (Wildman–Crippen LogP) is 2.92. The number of imide groups is 1. The first kappa shape index (κ1) is 20.7. The molecule has 0 spiro atoms. The Balaban J connectivity index is 1.58. The van der Waals surface area contributed by atoms with Crippen LogP contribution >= 0.6 is 11.6 Å². The van der Waals surface area contributed by atoms with E-state index in [1.807, 2.05) is 13.0 Å². The lowest BCUT2D eigenvalue weighted by molar-refractivity contribution is -0.122. The number of ether oxygens (including phenoxy) is 1. The minimum absolute atomic E-state index is 0.286. The van der Waals surface area contributed by atoms with Gasteiger partial charge in [0.1, 0.15) is 11.8 Å². The number of hydrogen-bond donors (Lipinski definition) is 2. The molecule has 31 heavy (non-hydrogen) atoms. The number of carbonyl (C=O) groups is 3. The summed E-state index contributed by atoms with van der Waals surface area (Å²) >= 11 is 5.91. The second-order valence-electron chi connectivity index (χ2n) is 7.43. The molecule has 1 saturated heterocycles. The number of nitrogens with one attached hydrogen (secondary N) is 2. The zero-order valence-electron chi connectivity index (χ0n) is 17.2. The summed E-state index contributed by atoms with van der Waals surface area (Å²) in [7, 11) is 3.21. The van der Waals surface area contributed by atoms with E-state index in [9.17, 15) is 14.4 Å². The van der Waals surface area contributed by atoms with Crippen LogP contribution in [0.2, 0.25) is 5.02 Å². The number of nitrogens with zero attached hydrogens (tertiary/aromatic N) is 2. The average Bonchev–Trinajstić information content (AvgIpc) is 3.06. The van der Waals surface area contributed by atoms with E-state index in [4.69, 9.17) is 16.3 Å². The van der Waals surface area contributed by atoms with Gasteiger partial charge in [-0.05, 0) is 48.9 Å². The van der Waals surface area contributed by atoms with E-state index in [0.717, 1.165) is 10.5 Å². The summed E-state index contributed by atoms with van der Waals surface area (Å²) in [5, 5.41) is 6.11. The minimum Gasteiger partial charge on any atom is -0.495 e. The zero-order chi connectivity index (χ0) is 22.3. The molecule has 0 radical (unpaired) electrons. The highest BCUT2D eigenvalue weighted by Gasteiger charge is 2.49. The van der Waals surface area contributed by atoms with E-state index in [1.165, 1.54) is 7.11 Å². The van der Waals surface area contributed by atoms with Gasteiger partial charge in [-0.3, -0.25) is 9.59 Å². The average molecular weight is 441 g/mol. The molecule has 2 N–H and O–H groups in total. The molecule has 160 valence electrons. The summed E-state index contributed by atoms with van der Waals surface area (Å²) in [5.74, 6) is -0.331. The van der Waals surface area contributed by atoms with Crippen LogP contribution < -0.4 is 20.3 Å². The third-order valence-corrected chi connectivity index (χ3v) is 5.59. The first-order chi connectivity index (χ1) is 14.8. The van der Waals surface area contributed by atoms with Gasteiger partial charge in [0.25, 0.3) is 11.8 Å². The van der Waals surface area contributed by atoms with Gasteiger partial charge in [-0.15, -0.1) is 0 Å². The molecule has 1 fully saturated rings. The Morgan fingerprint density at radius 2 is 1.87 bits per heavy atom. The fraction of sp³-hybridized carbons (Fsp3) is 0.227. The molecule has 4 amide bonds. The summed E-state index contributed by atoms with van der Waals surface area (Å²) in [6.45, 7) is 1.90. The second-order valence-corrected chi connectivity index (χ2v) is 7.87. The Morgan fingerprint density at radius 3 is 2.55 bits per heavy atom. The minimum atomic E-state index is -0.774. The van der Waals surface area contributed by atoms with Gasteiger partial charge < -0.3 is 20.3 Å². The van der Waals surface area contributed by atoms with E-state index >= 15 is 0 Å². The van der Waals surface area contributed by atoms with E-state index in [1.54, 1.807) is 54.5 Å². The molecule has 2 aliphatic heterocycles. The number of likely N-dealkylation sites (N-methyl/N-ethyl adjacent to an activating group) is 1. The largest absolute Gasteiger partial charge is 0.495 e. The molecule has 0 saturated carbocycles. The molecule has 0 aliphatic carbocycles. The second kappa shape index (κ2) is 7.96. The van der Waals surface area contributed by atoms with Gasteiger partial charge >= 0.3 is 6.03 Å². The number of carbonyl (C=O) groups excluding carboxylic acids is 3. The monoisotopic (exact) mass is 440 g/mol. The molecule has 0 aromatic heterocycles. The molecule has 2 atom stereocenters. The number of methoxy groups -OCH3 is 1. The number of halogens is 1. The molecule has 2 unspecified atom stereocenters. The fourth-order valence-corrected chi connectivity index (χ4v) is 3.96. The van der Waals surface area contributed by atoms with Crippen molar-refractivity contribution < 1.29 is 19.1 Å². The maximum atomic E-state index is 13.2. The molecular weight excluding hydrogens is 420 g/mol. The molecule has 8 nitrogen and oxygen atoms in total. The number of amides is 4. The van der Waals surface area contributed by atoms with Crippen molar-refractivity contribution in [3.8, 4) is 5.75 Å². The SMILES string of the molecule is COc1ccc(C)cc1NC(=O)C1=CN(C)C2C(=O)N(c3ccc(Cl)cc3)C(=O)NC12. The van der Waals surface area contributed by atoms with Gasteiger partial charge in [0, 0.05) is 18.3 Å². The summed E-state index contributed by atoms with van der Waals surface area (Å²) in [5.41, 5.74) is 2.15. The highest BCUT2D eigenvalue weighted by Crippen LogP contribution is 2.32. The maximum Gasteiger partial charge on any atom is 0.329 e. The number of hydrogen-bond acceptors (Lipinski definition) is 5. The van der Waals surface area contributed by atoms with E-state index in [-0.39, 0.29) is 5.57 Å². The van der Waals surface area contributed by atoms with Crippen LogP contribution in [0.3, 0.4) is 0 Å². The van der Waals surface area contributed by atoms with Crippen LogP contribution in [0.5, 0.6) is 5.75 Å². The Hall–Kier alpha value is -3.52. The van der Waals surface area contributed by atoms with Gasteiger partial charge in [0.05, 0.1) is 30.1 Å². The first-order valence-corrected chi connectivity index (χ1v) is 9.97. The molecule has 2 aromatic rings. The van der Waals surface area contributed by atoms with E-state index in [2.05, 4.69) is 10.6 Å². The third kappa shape index (κ3) is 3.70. The van der Waals surface area contributed by atoms with E-state index in [0.29, 0.717) is 22.1 Å². The molecule has 2 aliphatic rings. The van der Waals surface area contributed by atoms with Crippen molar-refractivity contribution in [2.75, 3.05) is 24.4 Å². The smallest absolute Gasteiger partial charge is 0.329 e. The van der Waals surface area contributed by atoms with Crippen LogP contribution in [0, 0.1) is 6.92 Å². The third-order valence-electron chi connectivity index (χ3n) is 5.34. The molecular formula is C22H21ClN4O4. The Labute approximate surface area is 184 Å². The fourth-order valence-electron chi connectivity index (χ4n) is 3.84. The first-order valence-electron chi connectivity index (χ1n) is 9.60. The summed E-state index contributed by atoms with van der Waals surface area (Å²) < 4.78 is 5.31. The lowest BCUT2D eigenvalue weighted by atomic mass is 9.99. The number of rotatable bonds is 4. The van der Waals surface area contributed by atoms with Crippen LogP contribution in [0.25, 0.3) is 0 Å². The predicted molar refractivity (Wildman–Crippen MR) is 117 cm³/mol. The molecule has 9 heteroatoms. The van der Waals surface area contributed by atoms with Crippen LogP contribution in [-0.2, 0) is 9.59 Å². The number of urea groups is 1. The zero-order valence-corrected chi connectivity index (χ0v) is 17.9. The molecule has 0 bridgehead atoms. The van der Waals surface area contributed by atoms with E-state index < -0.39 is 29.9 Å². The van der Waals surface area contributed by atoms with Crippen LogP contribution in [0.1, 0.15) is 5.56 Å². The lowest BCUT2D eigenvalue weighted by Gasteiger charge is -2.37. The number of fused-ring (bicyclic) bond motifs is 1. The van der Waals surface area contributed by atoms with Crippen molar-refractivity contribution in [3.63, 3.8) is 0 Å². The lowest BCUT2D eigenvalue weighted by Crippen LogP contribution is -2.65. The maximum absolute atomic E-state index is 13.2. The van der Waals surface area contributed by atoms with Gasteiger partial charge in [-0.25, -0.2) is 9.69 Å². The quantitative estimate of drug-likeness (QED) is 0.762. The van der Waals surface area contributed by atoms with Crippen LogP contribution in [0.15, 0.2) is 54.2 Å². The topological polar surface area (TPSA) is 91.0 Å². The van der Waals surface area contributed by atoms with Crippen molar-refractivity contribution in [2.24, 2.45) is 0 Å². The Bertz CT molecular complexity index is 1100. The number of anilines is 2. The van der Waals surface area contributed by atoms with Crippen molar-refractivity contribution in [3.05, 3.63) is 64.8 Å². The highest BCUT2D eigenvalue weighted by atomic mass is 35.5. The molecule has 2 heterocycles. The van der Waals surface area contributed by atoms with Crippen LogP contribution in [-0.4, -0.2) is 49.0 Å². The van der Waals surface area contributed by atoms with Crippen molar-refractivity contribution in [1.82, 2.24) is 10.2 Å². The normalized spacial score (nSPS) is 20.2. The summed E-state index contributed by atoms with van der Waals surface area (Å²) in [6, 6.07) is 9.72. The van der Waals surface area contributed by atoms with Gasteiger partial charge in [-0.2, -0.15) is 0 Å². The van der Waals surface area contributed by atoms with Crippen LogP contribution in [0.4, 0.5) is 16.2 Å². The molecule has 2 aromatic carbocycles. The van der Waals surface area contributed by atoms with Crippen molar-refractivity contribution in [2.45, 2.75) is 19.0 Å². The van der Waals surface area contributed by atoms with Gasteiger partial charge in [0.2, 0.25) is 0 Å². The number of benzene rings is 2.